The third kappa shape index (κ3) is 3.76. The quantitative estimate of drug-likeness (QED) is 0.375. The molecule has 0 atom stereocenters. The van der Waals surface area contributed by atoms with Gasteiger partial charge < -0.3 is 4.43 Å². The van der Waals surface area contributed by atoms with Crippen LogP contribution in [-0.4, -0.2) is 9.04 Å². The molecule has 0 rings (SSSR count). The first-order chi connectivity index (χ1) is 2.77. The molecular formula is C4H10OSi. The van der Waals surface area contributed by atoms with Gasteiger partial charge in [-0.2, -0.15) is 0 Å². The van der Waals surface area contributed by atoms with Gasteiger partial charge in [0, 0.05) is 0 Å². The van der Waals surface area contributed by atoms with Crippen LogP contribution in [0.3, 0.4) is 0 Å². The van der Waals surface area contributed by atoms with Crippen LogP contribution >= 0.6 is 0 Å². The van der Waals surface area contributed by atoms with Crippen molar-refractivity contribution in [3.8, 4) is 0 Å². The predicted molar refractivity (Wildman–Crippen MR) is 30.2 cm³/mol. The lowest BCUT2D eigenvalue weighted by molar-refractivity contribution is 0.503. The first kappa shape index (κ1) is 5.76. The Morgan fingerprint density at radius 2 is 2.17 bits per heavy atom. The molecule has 0 aromatic carbocycles. The molecule has 0 aliphatic carbocycles. The van der Waals surface area contributed by atoms with Crippen molar-refractivity contribution < 1.29 is 4.43 Å². The fourth-order valence-corrected chi connectivity index (χ4v) is 0.577. The minimum Gasteiger partial charge on any atom is -0.553 e. The topological polar surface area (TPSA) is 9.23 Å². The Morgan fingerprint density at radius 3 is 2.17 bits per heavy atom. The van der Waals surface area contributed by atoms with Gasteiger partial charge in [0.25, 0.3) is 0 Å². The van der Waals surface area contributed by atoms with Crippen LogP contribution in [0, 0.1) is 0 Å². The fourth-order valence-electron chi connectivity index (χ4n) is 0.192. The summed E-state index contributed by atoms with van der Waals surface area (Å²) >= 11 is 0. The molecule has 0 saturated heterocycles. The number of rotatable bonds is 2. The lowest BCUT2D eigenvalue weighted by Gasteiger charge is -1.97. The molecule has 36 valence electrons. The van der Waals surface area contributed by atoms with Gasteiger partial charge in [0.1, 0.15) is 0 Å². The molecule has 0 heterocycles. The molecule has 0 aromatic rings. The third-order valence-electron chi connectivity index (χ3n) is 0.368. The highest BCUT2D eigenvalue weighted by molar-refractivity contribution is 6.48. The molecule has 2 heteroatoms. The van der Waals surface area contributed by atoms with E-state index in [-0.39, 0.29) is 0 Å². The molecule has 0 aliphatic heterocycles. The van der Waals surface area contributed by atoms with E-state index in [1.54, 1.807) is 0 Å². The van der Waals surface area contributed by atoms with Crippen molar-refractivity contribution in [3.05, 3.63) is 12.8 Å². The first-order valence-electron chi connectivity index (χ1n) is 2.03. The zero-order valence-electron chi connectivity index (χ0n) is 4.27. The maximum atomic E-state index is 4.94. The van der Waals surface area contributed by atoms with Crippen LogP contribution in [0.1, 0.15) is 0 Å². The summed E-state index contributed by atoms with van der Waals surface area (Å²) in [6.07, 6.45) is 1.51. The van der Waals surface area contributed by atoms with E-state index in [0.717, 1.165) is 0 Å². The standard InChI is InChI=1S/C4H10OSi/c1-4-5-6(2)3/h4,6H,1H2,2-3H3. The van der Waals surface area contributed by atoms with Crippen molar-refractivity contribution in [3.63, 3.8) is 0 Å². The van der Waals surface area contributed by atoms with Gasteiger partial charge in [0.2, 0.25) is 9.04 Å². The second-order valence-electron chi connectivity index (χ2n) is 1.35. The van der Waals surface area contributed by atoms with Gasteiger partial charge in [-0.1, -0.05) is 6.58 Å². The Labute approximate surface area is 40.4 Å². The SMILES string of the molecule is C=CO[SiH](C)C. The molecule has 0 saturated carbocycles. The lowest BCUT2D eigenvalue weighted by Crippen LogP contribution is -2.00. The lowest BCUT2D eigenvalue weighted by atomic mass is 11.2. The maximum Gasteiger partial charge on any atom is 0.228 e. The molecule has 0 aromatic heterocycles. The molecule has 0 N–H and O–H groups in total. The molecule has 1 nitrogen and oxygen atoms in total. The van der Waals surface area contributed by atoms with Crippen LogP contribution < -0.4 is 0 Å². The second-order valence-corrected chi connectivity index (χ2v) is 3.72. The molecule has 0 aliphatic rings. The van der Waals surface area contributed by atoms with Crippen molar-refractivity contribution >= 4 is 9.04 Å². The van der Waals surface area contributed by atoms with Crippen LogP contribution in [0.25, 0.3) is 0 Å². The Kier molecular flexibility index (Phi) is 2.85. The van der Waals surface area contributed by atoms with E-state index in [9.17, 15) is 0 Å². The summed E-state index contributed by atoms with van der Waals surface area (Å²) in [5.41, 5.74) is 0. The summed E-state index contributed by atoms with van der Waals surface area (Å²) in [5.74, 6) is 0. The average molecular weight is 102 g/mol. The van der Waals surface area contributed by atoms with Gasteiger partial charge in [-0.3, -0.25) is 0 Å². The van der Waals surface area contributed by atoms with E-state index >= 15 is 0 Å². The molecule has 0 unspecified atom stereocenters. The van der Waals surface area contributed by atoms with Gasteiger partial charge in [-0.25, -0.2) is 0 Å². The van der Waals surface area contributed by atoms with Crippen molar-refractivity contribution in [2.75, 3.05) is 0 Å². The monoisotopic (exact) mass is 102 g/mol. The molecule has 0 spiro atoms. The normalized spacial score (nSPS) is 8.50. The van der Waals surface area contributed by atoms with Gasteiger partial charge in [-0.05, 0) is 13.1 Å². The Hall–Kier alpha value is -0.243. The Bertz CT molecular complexity index is 42.8. The zero-order chi connectivity index (χ0) is 4.99. The van der Waals surface area contributed by atoms with Gasteiger partial charge in [0.15, 0.2) is 0 Å². The zero-order valence-corrected chi connectivity index (χ0v) is 5.42. The van der Waals surface area contributed by atoms with E-state index in [2.05, 4.69) is 19.7 Å². The average Bonchev–Trinajstić information content (AvgIpc) is 1.35. The summed E-state index contributed by atoms with van der Waals surface area (Å²) < 4.78 is 4.94. The van der Waals surface area contributed by atoms with E-state index in [0.29, 0.717) is 0 Å². The van der Waals surface area contributed by atoms with Crippen molar-refractivity contribution in [2.45, 2.75) is 13.1 Å². The first-order valence-corrected chi connectivity index (χ1v) is 4.82. The smallest absolute Gasteiger partial charge is 0.228 e. The fraction of sp³-hybridized carbons (Fsp3) is 0.500. The van der Waals surface area contributed by atoms with Crippen LogP contribution in [-0.2, 0) is 4.43 Å². The number of hydrogen-bond acceptors (Lipinski definition) is 1. The van der Waals surface area contributed by atoms with Crippen molar-refractivity contribution in [1.82, 2.24) is 0 Å². The summed E-state index contributed by atoms with van der Waals surface area (Å²) in [6.45, 7) is 7.61. The van der Waals surface area contributed by atoms with Crippen LogP contribution in [0.2, 0.25) is 13.1 Å². The largest absolute Gasteiger partial charge is 0.553 e. The Morgan fingerprint density at radius 1 is 1.67 bits per heavy atom. The molecule has 0 fully saturated rings. The maximum absolute atomic E-state index is 4.94. The van der Waals surface area contributed by atoms with Crippen LogP contribution in [0.15, 0.2) is 12.8 Å². The van der Waals surface area contributed by atoms with Gasteiger partial charge in [-0.15, -0.1) is 0 Å². The highest BCUT2D eigenvalue weighted by Crippen LogP contribution is 1.79. The molecule has 0 bridgehead atoms. The van der Waals surface area contributed by atoms with Crippen LogP contribution in [0.5, 0.6) is 0 Å². The van der Waals surface area contributed by atoms with Crippen LogP contribution in [0.4, 0.5) is 0 Å². The summed E-state index contributed by atoms with van der Waals surface area (Å²) in [6, 6.07) is 0. The second kappa shape index (κ2) is 2.97. The van der Waals surface area contributed by atoms with Gasteiger partial charge >= 0.3 is 0 Å². The van der Waals surface area contributed by atoms with Gasteiger partial charge in [0.05, 0.1) is 6.26 Å². The predicted octanol–water partition coefficient (Wildman–Crippen LogP) is 1.13. The van der Waals surface area contributed by atoms with Crippen molar-refractivity contribution in [2.24, 2.45) is 0 Å². The summed E-state index contributed by atoms with van der Waals surface area (Å²) in [4.78, 5) is 0. The third-order valence-corrected chi connectivity index (χ3v) is 1.11. The molecule has 6 heavy (non-hydrogen) atoms. The minimum atomic E-state index is -0.789. The molecule has 0 radical (unpaired) electrons. The van der Waals surface area contributed by atoms with E-state index in [4.69, 9.17) is 4.43 Å². The van der Waals surface area contributed by atoms with E-state index < -0.39 is 9.04 Å². The van der Waals surface area contributed by atoms with E-state index in [1.807, 2.05) is 0 Å². The molecular weight excluding hydrogens is 92.1 g/mol. The highest BCUT2D eigenvalue weighted by Gasteiger charge is 1.86. The van der Waals surface area contributed by atoms with Crippen molar-refractivity contribution in [1.29, 1.82) is 0 Å². The number of hydrogen-bond donors (Lipinski definition) is 0. The summed E-state index contributed by atoms with van der Waals surface area (Å²) in [5, 5.41) is 0. The molecule has 0 amide bonds. The summed E-state index contributed by atoms with van der Waals surface area (Å²) in [7, 11) is -0.789. The highest BCUT2D eigenvalue weighted by atomic mass is 28.3. The van der Waals surface area contributed by atoms with E-state index in [1.165, 1.54) is 6.26 Å². The Balaban J connectivity index is 2.81. The minimum absolute atomic E-state index is 0.789.